The van der Waals surface area contributed by atoms with Crippen LogP contribution in [0.25, 0.3) is 0 Å². The molecule has 1 rings (SSSR count). The number of nitrogens with zero attached hydrogens (tertiary/aromatic N) is 1. The maximum atomic E-state index is 10.4. The highest BCUT2D eigenvalue weighted by atomic mass is 16.6. The molecule has 13 heavy (non-hydrogen) atoms. The average molecular weight is 183 g/mol. The van der Waals surface area contributed by atoms with Gasteiger partial charge in [0.2, 0.25) is 0 Å². The van der Waals surface area contributed by atoms with Crippen molar-refractivity contribution in [1.82, 2.24) is 0 Å². The van der Waals surface area contributed by atoms with Gasteiger partial charge in [0.1, 0.15) is 5.75 Å². The van der Waals surface area contributed by atoms with E-state index in [1.54, 1.807) is 0 Å². The van der Waals surface area contributed by atoms with Gasteiger partial charge in [-0.25, -0.2) is 0 Å². The van der Waals surface area contributed by atoms with Gasteiger partial charge in [0.05, 0.1) is 17.7 Å². The third-order valence-corrected chi connectivity index (χ3v) is 1.55. The minimum atomic E-state index is -0.500. The predicted octanol–water partition coefficient (Wildman–Crippen LogP) is 0.889. The summed E-state index contributed by atoms with van der Waals surface area (Å²) in [5.74, 6) is 5.61. The van der Waals surface area contributed by atoms with E-state index in [9.17, 15) is 10.1 Å². The molecule has 1 aromatic rings. The average Bonchev–Trinajstić information content (AvgIpc) is 2.16. The molecule has 0 spiro atoms. The van der Waals surface area contributed by atoms with E-state index in [4.69, 9.17) is 10.6 Å². The summed E-state index contributed by atoms with van der Waals surface area (Å²) in [4.78, 5) is 9.87. The fraction of sp³-hybridized carbons (Fsp3) is 0.143. The molecule has 0 radical (unpaired) electrons. The van der Waals surface area contributed by atoms with E-state index >= 15 is 0 Å². The molecule has 0 aliphatic heterocycles. The molecule has 0 aliphatic rings. The zero-order chi connectivity index (χ0) is 9.84. The number of non-ortho nitro benzene ring substituents is 1. The first-order valence-electron chi connectivity index (χ1n) is 3.48. The molecule has 3 N–H and O–H groups in total. The number of nitrogens with two attached hydrogens (primary N) is 1. The van der Waals surface area contributed by atoms with Gasteiger partial charge in [0, 0.05) is 12.1 Å². The summed E-state index contributed by atoms with van der Waals surface area (Å²) in [5, 5.41) is 10.4. The Morgan fingerprint density at radius 3 is 2.77 bits per heavy atom. The minimum Gasteiger partial charge on any atom is -0.495 e. The second kappa shape index (κ2) is 3.72. The molecule has 70 valence electrons. The number of methoxy groups -OCH3 is 1. The Bertz CT molecular complexity index is 327. The van der Waals surface area contributed by atoms with Gasteiger partial charge in [0.25, 0.3) is 5.69 Å². The monoisotopic (exact) mass is 183 g/mol. The topological polar surface area (TPSA) is 90.4 Å². The number of anilines is 1. The van der Waals surface area contributed by atoms with Crippen LogP contribution in [0.3, 0.4) is 0 Å². The van der Waals surface area contributed by atoms with Crippen molar-refractivity contribution in [3.05, 3.63) is 28.3 Å². The second-order valence-electron chi connectivity index (χ2n) is 2.29. The first kappa shape index (κ1) is 9.27. The Hall–Kier alpha value is -1.82. The van der Waals surface area contributed by atoms with Crippen LogP contribution in [-0.2, 0) is 0 Å². The lowest BCUT2D eigenvalue weighted by Gasteiger charge is -2.06. The maximum Gasteiger partial charge on any atom is 0.271 e. The zero-order valence-corrected chi connectivity index (χ0v) is 6.98. The molecule has 0 amide bonds. The van der Waals surface area contributed by atoms with Gasteiger partial charge in [-0.2, -0.15) is 0 Å². The van der Waals surface area contributed by atoms with E-state index in [1.165, 1.54) is 25.3 Å². The smallest absolute Gasteiger partial charge is 0.271 e. The van der Waals surface area contributed by atoms with E-state index in [1.807, 2.05) is 0 Å². The van der Waals surface area contributed by atoms with Crippen molar-refractivity contribution in [3.63, 3.8) is 0 Å². The summed E-state index contributed by atoms with van der Waals surface area (Å²) in [6, 6.07) is 4.13. The van der Waals surface area contributed by atoms with E-state index in [0.717, 1.165) is 0 Å². The highest BCUT2D eigenvalue weighted by Gasteiger charge is 2.09. The Labute approximate surface area is 74.4 Å². The van der Waals surface area contributed by atoms with Crippen LogP contribution in [-0.4, -0.2) is 12.0 Å². The number of nitrogens with one attached hydrogen (secondary N) is 1. The van der Waals surface area contributed by atoms with Crippen molar-refractivity contribution < 1.29 is 9.66 Å². The molecule has 0 aliphatic carbocycles. The quantitative estimate of drug-likeness (QED) is 0.412. The Morgan fingerprint density at radius 1 is 1.62 bits per heavy atom. The van der Waals surface area contributed by atoms with Crippen LogP contribution in [0.4, 0.5) is 11.4 Å². The first-order chi connectivity index (χ1) is 6.19. The summed E-state index contributed by atoms with van der Waals surface area (Å²) in [7, 11) is 1.46. The number of hydrogen-bond acceptors (Lipinski definition) is 5. The molecule has 0 atom stereocenters. The van der Waals surface area contributed by atoms with Crippen LogP contribution < -0.4 is 16.0 Å². The van der Waals surface area contributed by atoms with Crippen molar-refractivity contribution in [2.24, 2.45) is 5.84 Å². The van der Waals surface area contributed by atoms with Gasteiger partial charge in [-0.1, -0.05) is 0 Å². The number of nitrogen functional groups attached to an aromatic ring is 1. The van der Waals surface area contributed by atoms with Gasteiger partial charge in [-0.3, -0.25) is 16.0 Å². The lowest BCUT2D eigenvalue weighted by Crippen LogP contribution is -2.08. The number of nitro benzene ring substituents is 1. The Balaban J connectivity index is 3.13. The molecule has 0 fully saturated rings. The van der Waals surface area contributed by atoms with Gasteiger partial charge in [-0.05, 0) is 6.07 Å². The van der Waals surface area contributed by atoms with Crippen molar-refractivity contribution in [2.75, 3.05) is 12.5 Å². The highest BCUT2D eigenvalue weighted by Crippen LogP contribution is 2.27. The number of hydrazine groups is 1. The van der Waals surface area contributed by atoms with Gasteiger partial charge < -0.3 is 10.2 Å². The number of nitro groups is 1. The summed E-state index contributed by atoms with van der Waals surface area (Å²) in [6.07, 6.45) is 0. The fourth-order valence-corrected chi connectivity index (χ4v) is 0.922. The molecule has 0 saturated carbocycles. The Kier molecular flexibility index (Phi) is 2.65. The number of ether oxygens (including phenoxy) is 1. The zero-order valence-electron chi connectivity index (χ0n) is 6.98. The maximum absolute atomic E-state index is 10.4. The molecule has 0 unspecified atom stereocenters. The van der Waals surface area contributed by atoms with Crippen LogP contribution >= 0.6 is 0 Å². The SMILES string of the molecule is COc1ccc([N+](=O)[O-])cc1NN. The lowest BCUT2D eigenvalue weighted by atomic mass is 10.2. The van der Waals surface area contributed by atoms with Crippen molar-refractivity contribution in [1.29, 1.82) is 0 Å². The molecular formula is C7H9N3O3. The minimum absolute atomic E-state index is 0.0336. The molecule has 0 aromatic heterocycles. The normalized spacial score (nSPS) is 9.38. The van der Waals surface area contributed by atoms with Gasteiger partial charge >= 0.3 is 0 Å². The number of benzene rings is 1. The molecular weight excluding hydrogens is 174 g/mol. The van der Waals surface area contributed by atoms with Gasteiger partial charge in [-0.15, -0.1) is 0 Å². The van der Waals surface area contributed by atoms with E-state index < -0.39 is 4.92 Å². The highest BCUT2D eigenvalue weighted by molar-refractivity contribution is 5.60. The van der Waals surface area contributed by atoms with Crippen molar-refractivity contribution >= 4 is 11.4 Å². The van der Waals surface area contributed by atoms with Crippen molar-refractivity contribution in [2.45, 2.75) is 0 Å². The van der Waals surface area contributed by atoms with Crippen LogP contribution in [0.2, 0.25) is 0 Å². The molecule has 0 saturated heterocycles. The molecule has 6 nitrogen and oxygen atoms in total. The summed E-state index contributed by atoms with van der Waals surface area (Å²) < 4.78 is 4.91. The third-order valence-electron chi connectivity index (χ3n) is 1.55. The van der Waals surface area contributed by atoms with E-state index in [0.29, 0.717) is 11.4 Å². The molecule has 1 aromatic carbocycles. The molecule has 6 heteroatoms. The lowest BCUT2D eigenvalue weighted by molar-refractivity contribution is -0.384. The first-order valence-corrected chi connectivity index (χ1v) is 3.48. The largest absolute Gasteiger partial charge is 0.495 e. The van der Waals surface area contributed by atoms with E-state index in [2.05, 4.69) is 5.43 Å². The second-order valence-corrected chi connectivity index (χ2v) is 2.29. The van der Waals surface area contributed by atoms with E-state index in [-0.39, 0.29) is 5.69 Å². The molecule has 0 bridgehead atoms. The van der Waals surface area contributed by atoms with Crippen LogP contribution in [0.15, 0.2) is 18.2 Å². The van der Waals surface area contributed by atoms with Crippen LogP contribution in [0, 0.1) is 10.1 Å². The summed E-state index contributed by atoms with van der Waals surface area (Å²) in [6.45, 7) is 0. The Morgan fingerprint density at radius 2 is 2.31 bits per heavy atom. The summed E-state index contributed by atoms with van der Waals surface area (Å²) >= 11 is 0. The standard InChI is InChI=1S/C7H9N3O3/c1-13-7-3-2-5(10(11)12)4-6(7)9-8/h2-4,9H,8H2,1H3. The third kappa shape index (κ3) is 1.85. The number of hydrogen-bond donors (Lipinski definition) is 2. The van der Waals surface area contributed by atoms with Crippen LogP contribution in [0.5, 0.6) is 5.75 Å². The van der Waals surface area contributed by atoms with Crippen LogP contribution in [0.1, 0.15) is 0 Å². The summed E-state index contributed by atoms with van der Waals surface area (Å²) in [5.41, 5.74) is 2.66. The van der Waals surface area contributed by atoms with Crippen molar-refractivity contribution in [3.8, 4) is 5.75 Å². The predicted molar refractivity (Wildman–Crippen MR) is 47.5 cm³/mol. The fourth-order valence-electron chi connectivity index (χ4n) is 0.922. The molecule has 0 heterocycles. The van der Waals surface area contributed by atoms with Gasteiger partial charge in [0.15, 0.2) is 0 Å². The number of rotatable bonds is 3.